The van der Waals surface area contributed by atoms with E-state index in [1.54, 1.807) is 24.3 Å². The average Bonchev–Trinajstić information content (AvgIpc) is 2.42. The summed E-state index contributed by atoms with van der Waals surface area (Å²) >= 11 is 0. The Morgan fingerprint density at radius 2 is 1.80 bits per heavy atom. The first-order chi connectivity index (χ1) is 6.97. The van der Waals surface area contributed by atoms with E-state index in [0.717, 1.165) is 6.26 Å². The van der Waals surface area contributed by atoms with Crippen molar-refractivity contribution in [2.45, 2.75) is 0 Å². The Hall–Kier alpha value is -1.69. The molecule has 0 saturated carbocycles. The van der Waals surface area contributed by atoms with Gasteiger partial charge in [-0.25, -0.2) is 8.42 Å². The maximum absolute atomic E-state index is 11.4. The zero-order valence-corrected chi connectivity index (χ0v) is 8.71. The Labute approximate surface area is 86.9 Å². The summed E-state index contributed by atoms with van der Waals surface area (Å²) in [6, 6.07) is 6.70. The molecule has 5 nitrogen and oxygen atoms in total. The number of amides is 1. The lowest BCUT2D eigenvalue weighted by Gasteiger charge is -1.96. The van der Waals surface area contributed by atoms with Crippen LogP contribution < -0.4 is 5.32 Å². The number of carbonyl (C=O) groups is 1. The Balaban J connectivity index is 2.60. The first-order valence-corrected chi connectivity index (χ1v) is 6.03. The number of nitrogens with zero attached hydrogens (tertiary/aromatic N) is 1. The van der Waals surface area contributed by atoms with E-state index < -0.39 is 10.0 Å². The quantitative estimate of drug-likeness (QED) is 0.737. The number of benzene rings is 1. The van der Waals surface area contributed by atoms with Gasteiger partial charge in [0.1, 0.15) is 0 Å². The van der Waals surface area contributed by atoms with Gasteiger partial charge in [0.2, 0.25) is 0 Å². The van der Waals surface area contributed by atoms with Crippen molar-refractivity contribution in [3.8, 4) is 0 Å². The third-order valence-electron chi connectivity index (χ3n) is 1.92. The van der Waals surface area contributed by atoms with E-state index in [1.165, 1.54) is 0 Å². The Kier molecular flexibility index (Phi) is 2.08. The first-order valence-electron chi connectivity index (χ1n) is 4.18. The maximum Gasteiger partial charge on any atom is 0.257 e. The summed E-state index contributed by atoms with van der Waals surface area (Å²) < 4.78 is 25.4. The number of hydrogen-bond donors (Lipinski definition) is 1. The molecule has 6 heteroatoms. The van der Waals surface area contributed by atoms with Crippen molar-refractivity contribution in [3.05, 3.63) is 35.4 Å². The molecule has 0 bridgehead atoms. The summed E-state index contributed by atoms with van der Waals surface area (Å²) in [7, 11) is -3.50. The minimum absolute atomic E-state index is 0.0955. The van der Waals surface area contributed by atoms with E-state index in [4.69, 9.17) is 0 Å². The van der Waals surface area contributed by atoms with Crippen molar-refractivity contribution in [1.82, 2.24) is 5.32 Å². The molecule has 0 atom stereocenters. The molecule has 0 unspecified atom stereocenters. The van der Waals surface area contributed by atoms with Gasteiger partial charge in [0.15, 0.2) is 5.84 Å². The van der Waals surface area contributed by atoms with Crippen LogP contribution >= 0.6 is 0 Å². The van der Waals surface area contributed by atoms with Crippen LogP contribution in [0.2, 0.25) is 0 Å². The molecule has 15 heavy (non-hydrogen) atoms. The minimum atomic E-state index is -3.50. The van der Waals surface area contributed by atoms with Gasteiger partial charge in [-0.2, -0.15) is 0 Å². The Morgan fingerprint density at radius 1 is 1.20 bits per heavy atom. The Morgan fingerprint density at radius 3 is 2.40 bits per heavy atom. The predicted octanol–water partition coefficient (Wildman–Crippen LogP) is 0.136. The van der Waals surface area contributed by atoms with E-state index >= 15 is 0 Å². The monoisotopic (exact) mass is 224 g/mol. The zero-order valence-electron chi connectivity index (χ0n) is 7.89. The molecule has 0 fully saturated rings. The smallest absolute Gasteiger partial charge is 0.257 e. The van der Waals surface area contributed by atoms with Crippen LogP contribution in [0.4, 0.5) is 0 Å². The Bertz CT molecular complexity index is 560. The van der Waals surface area contributed by atoms with Crippen LogP contribution in [0, 0.1) is 0 Å². The molecule has 0 radical (unpaired) electrons. The molecular weight excluding hydrogens is 216 g/mol. The van der Waals surface area contributed by atoms with Gasteiger partial charge < -0.3 is 5.32 Å². The second kappa shape index (κ2) is 3.16. The molecule has 0 saturated heterocycles. The van der Waals surface area contributed by atoms with Gasteiger partial charge in [0.05, 0.1) is 11.8 Å². The highest BCUT2D eigenvalue weighted by molar-refractivity contribution is 7.89. The van der Waals surface area contributed by atoms with Crippen LogP contribution in [0.25, 0.3) is 0 Å². The zero-order chi connectivity index (χ0) is 11.1. The van der Waals surface area contributed by atoms with Crippen LogP contribution in [0.3, 0.4) is 0 Å². The fourth-order valence-electron chi connectivity index (χ4n) is 1.37. The lowest BCUT2D eigenvalue weighted by atomic mass is 10.1. The van der Waals surface area contributed by atoms with E-state index in [2.05, 4.69) is 9.71 Å². The summed E-state index contributed by atoms with van der Waals surface area (Å²) in [5.74, 6) is -0.230. The molecule has 0 aromatic heterocycles. The molecule has 1 aliphatic rings. The molecule has 1 aromatic rings. The molecular formula is C9H8N2O3S. The number of nitrogens with one attached hydrogen (secondary N) is 1. The highest BCUT2D eigenvalue weighted by Gasteiger charge is 2.25. The van der Waals surface area contributed by atoms with Gasteiger partial charge in [0.25, 0.3) is 15.9 Å². The SMILES string of the molecule is CS(=O)(=O)N=C1NC(=O)c2ccccc21. The molecule has 78 valence electrons. The summed E-state index contributed by atoms with van der Waals surface area (Å²) in [5.41, 5.74) is 0.966. The third kappa shape index (κ3) is 1.89. The molecule has 1 aromatic carbocycles. The van der Waals surface area contributed by atoms with Crippen molar-refractivity contribution in [3.63, 3.8) is 0 Å². The van der Waals surface area contributed by atoms with Gasteiger partial charge in [0, 0.05) is 5.56 Å². The van der Waals surface area contributed by atoms with Gasteiger partial charge >= 0.3 is 0 Å². The average molecular weight is 224 g/mol. The number of hydrogen-bond acceptors (Lipinski definition) is 3. The highest BCUT2D eigenvalue weighted by atomic mass is 32.2. The van der Waals surface area contributed by atoms with Gasteiger partial charge in [-0.1, -0.05) is 18.2 Å². The van der Waals surface area contributed by atoms with Crippen LogP contribution in [0.1, 0.15) is 15.9 Å². The van der Waals surface area contributed by atoms with Gasteiger partial charge in [-0.15, -0.1) is 4.40 Å². The van der Waals surface area contributed by atoms with Gasteiger partial charge in [-0.05, 0) is 6.07 Å². The standard InChI is InChI=1S/C9H8N2O3S/c1-15(13,14)11-8-6-4-2-3-5-7(6)9(12)10-8/h2-5H,1H3,(H,10,11,12). The van der Waals surface area contributed by atoms with E-state index in [0.29, 0.717) is 11.1 Å². The first kappa shape index (κ1) is 9.85. The van der Waals surface area contributed by atoms with Crippen molar-refractivity contribution in [2.24, 2.45) is 4.40 Å². The van der Waals surface area contributed by atoms with Crippen LogP contribution in [-0.4, -0.2) is 26.4 Å². The summed E-state index contributed by atoms with van der Waals surface area (Å²) in [5, 5.41) is 2.41. The lowest BCUT2D eigenvalue weighted by Crippen LogP contribution is -2.22. The van der Waals surface area contributed by atoms with Crippen molar-refractivity contribution >= 4 is 21.8 Å². The van der Waals surface area contributed by atoms with E-state index in [1.807, 2.05) is 0 Å². The van der Waals surface area contributed by atoms with Crippen molar-refractivity contribution in [2.75, 3.05) is 6.26 Å². The molecule has 2 rings (SSSR count). The number of rotatable bonds is 1. The maximum atomic E-state index is 11.4. The molecule has 1 heterocycles. The summed E-state index contributed by atoms with van der Waals surface area (Å²) in [4.78, 5) is 11.4. The number of amidine groups is 1. The molecule has 0 spiro atoms. The number of carbonyl (C=O) groups excluding carboxylic acids is 1. The van der Waals surface area contributed by atoms with E-state index in [-0.39, 0.29) is 11.7 Å². The summed E-state index contributed by atoms with van der Waals surface area (Å²) in [6.07, 6.45) is 0.979. The highest BCUT2D eigenvalue weighted by Crippen LogP contribution is 2.15. The lowest BCUT2D eigenvalue weighted by molar-refractivity contribution is 0.0983. The fraction of sp³-hybridized carbons (Fsp3) is 0.111. The largest absolute Gasteiger partial charge is 0.305 e. The topological polar surface area (TPSA) is 75.6 Å². The minimum Gasteiger partial charge on any atom is -0.305 e. The molecule has 1 N–H and O–H groups in total. The predicted molar refractivity (Wildman–Crippen MR) is 55.3 cm³/mol. The van der Waals surface area contributed by atoms with Crippen LogP contribution in [0.15, 0.2) is 28.7 Å². The van der Waals surface area contributed by atoms with Crippen LogP contribution in [0.5, 0.6) is 0 Å². The molecule has 0 aliphatic carbocycles. The molecule has 1 amide bonds. The van der Waals surface area contributed by atoms with Crippen molar-refractivity contribution < 1.29 is 13.2 Å². The third-order valence-corrected chi connectivity index (χ3v) is 2.43. The van der Waals surface area contributed by atoms with Crippen molar-refractivity contribution in [1.29, 1.82) is 0 Å². The van der Waals surface area contributed by atoms with Gasteiger partial charge in [-0.3, -0.25) is 4.79 Å². The number of sulfonamides is 1. The second-order valence-electron chi connectivity index (χ2n) is 3.17. The van der Waals surface area contributed by atoms with E-state index in [9.17, 15) is 13.2 Å². The normalized spacial score (nSPS) is 17.7. The fourth-order valence-corrected chi connectivity index (χ4v) is 1.84. The number of fused-ring (bicyclic) bond motifs is 1. The summed E-state index contributed by atoms with van der Waals surface area (Å²) in [6.45, 7) is 0. The second-order valence-corrected chi connectivity index (χ2v) is 4.82. The van der Waals surface area contributed by atoms with Crippen LogP contribution in [-0.2, 0) is 10.0 Å². The molecule has 1 aliphatic heterocycles.